The second kappa shape index (κ2) is 6.72. The van der Waals surface area contributed by atoms with Crippen LogP contribution in [0.25, 0.3) is 0 Å². The standard InChI is InChI=1S/C14H22N2O/c17-12-7-14-3-1-2-10-16(14)11-6-13-4-8-15-9-5-13/h4-5,8-9,14,17H,1-3,6-7,10-12H2. The number of hydrogen-bond acceptors (Lipinski definition) is 3. The summed E-state index contributed by atoms with van der Waals surface area (Å²) in [6.45, 7) is 2.61. The van der Waals surface area contributed by atoms with Gasteiger partial charge in [0, 0.05) is 31.6 Å². The van der Waals surface area contributed by atoms with Crippen molar-refractivity contribution in [2.45, 2.75) is 38.1 Å². The fourth-order valence-corrected chi connectivity index (χ4v) is 2.65. The first kappa shape index (κ1) is 12.5. The minimum atomic E-state index is 0.316. The number of pyridine rings is 1. The third-order valence-electron chi connectivity index (χ3n) is 3.65. The summed E-state index contributed by atoms with van der Waals surface area (Å²) in [4.78, 5) is 6.58. The van der Waals surface area contributed by atoms with Gasteiger partial charge in [-0.25, -0.2) is 0 Å². The fourth-order valence-electron chi connectivity index (χ4n) is 2.65. The second-order valence-electron chi connectivity index (χ2n) is 4.80. The minimum absolute atomic E-state index is 0.316. The molecule has 1 N–H and O–H groups in total. The van der Waals surface area contributed by atoms with E-state index in [9.17, 15) is 0 Å². The number of hydrogen-bond donors (Lipinski definition) is 1. The molecule has 1 saturated heterocycles. The van der Waals surface area contributed by atoms with Crippen LogP contribution in [-0.2, 0) is 6.42 Å². The van der Waals surface area contributed by atoms with Crippen LogP contribution in [0.1, 0.15) is 31.2 Å². The molecular weight excluding hydrogens is 212 g/mol. The van der Waals surface area contributed by atoms with E-state index in [0.717, 1.165) is 19.4 Å². The summed E-state index contributed by atoms with van der Waals surface area (Å²) < 4.78 is 0. The molecule has 0 radical (unpaired) electrons. The molecule has 0 spiro atoms. The van der Waals surface area contributed by atoms with Crippen molar-refractivity contribution in [1.29, 1.82) is 0 Å². The fraction of sp³-hybridized carbons (Fsp3) is 0.643. The van der Waals surface area contributed by atoms with Crippen molar-refractivity contribution in [2.24, 2.45) is 0 Å². The summed E-state index contributed by atoms with van der Waals surface area (Å²) in [7, 11) is 0. The molecular formula is C14H22N2O. The Bertz CT molecular complexity index is 313. The van der Waals surface area contributed by atoms with E-state index in [1.807, 2.05) is 12.4 Å². The molecule has 1 aliphatic rings. The third kappa shape index (κ3) is 3.79. The zero-order chi connectivity index (χ0) is 11.9. The highest BCUT2D eigenvalue weighted by Gasteiger charge is 2.21. The molecule has 1 fully saturated rings. The number of piperidine rings is 1. The van der Waals surface area contributed by atoms with Gasteiger partial charge in [-0.3, -0.25) is 9.88 Å². The van der Waals surface area contributed by atoms with Crippen LogP contribution in [0.2, 0.25) is 0 Å². The predicted molar refractivity (Wildman–Crippen MR) is 68.9 cm³/mol. The van der Waals surface area contributed by atoms with Gasteiger partial charge in [0.25, 0.3) is 0 Å². The molecule has 94 valence electrons. The Kier molecular flexibility index (Phi) is 4.95. The lowest BCUT2D eigenvalue weighted by atomic mass is 9.99. The smallest absolute Gasteiger partial charge is 0.0445 e. The van der Waals surface area contributed by atoms with E-state index in [0.29, 0.717) is 12.6 Å². The molecule has 3 heteroatoms. The van der Waals surface area contributed by atoms with Crippen LogP contribution < -0.4 is 0 Å². The first-order valence-corrected chi connectivity index (χ1v) is 6.64. The summed E-state index contributed by atoms with van der Waals surface area (Å²) in [5.74, 6) is 0. The summed E-state index contributed by atoms with van der Waals surface area (Å²) >= 11 is 0. The van der Waals surface area contributed by atoms with Crippen molar-refractivity contribution in [3.8, 4) is 0 Å². The number of aliphatic hydroxyl groups is 1. The maximum Gasteiger partial charge on any atom is 0.0445 e. The Labute approximate surface area is 103 Å². The van der Waals surface area contributed by atoms with Gasteiger partial charge in [0.05, 0.1) is 0 Å². The number of aromatic nitrogens is 1. The van der Waals surface area contributed by atoms with Gasteiger partial charge in [-0.1, -0.05) is 6.42 Å². The molecule has 1 aromatic heterocycles. The molecule has 2 heterocycles. The highest BCUT2D eigenvalue weighted by molar-refractivity contribution is 5.10. The molecule has 17 heavy (non-hydrogen) atoms. The van der Waals surface area contributed by atoms with Crippen molar-refractivity contribution in [2.75, 3.05) is 19.7 Å². The molecule has 2 rings (SSSR count). The van der Waals surface area contributed by atoms with Crippen LogP contribution in [0.4, 0.5) is 0 Å². The van der Waals surface area contributed by atoms with Gasteiger partial charge in [-0.15, -0.1) is 0 Å². The maximum absolute atomic E-state index is 9.09. The summed E-state index contributed by atoms with van der Waals surface area (Å²) in [6.07, 6.45) is 9.60. The topological polar surface area (TPSA) is 36.4 Å². The lowest BCUT2D eigenvalue weighted by Crippen LogP contribution is -2.41. The molecule has 0 saturated carbocycles. The van der Waals surface area contributed by atoms with Gasteiger partial charge in [-0.05, 0) is 49.9 Å². The average molecular weight is 234 g/mol. The third-order valence-corrected chi connectivity index (χ3v) is 3.65. The summed E-state index contributed by atoms with van der Waals surface area (Å²) in [6, 6.07) is 4.77. The number of rotatable bonds is 5. The first-order valence-electron chi connectivity index (χ1n) is 6.64. The van der Waals surface area contributed by atoms with Crippen LogP contribution >= 0.6 is 0 Å². The van der Waals surface area contributed by atoms with E-state index in [1.54, 1.807) is 0 Å². The van der Waals surface area contributed by atoms with Crippen molar-refractivity contribution in [3.63, 3.8) is 0 Å². The van der Waals surface area contributed by atoms with E-state index >= 15 is 0 Å². The quantitative estimate of drug-likeness (QED) is 0.845. The molecule has 1 aliphatic heterocycles. The van der Waals surface area contributed by atoms with E-state index in [1.165, 1.54) is 31.4 Å². The zero-order valence-electron chi connectivity index (χ0n) is 10.4. The monoisotopic (exact) mass is 234 g/mol. The van der Waals surface area contributed by atoms with Gasteiger partial charge in [0.1, 0.15) is 0 Å². The SMILES string of the molecule is OCCC1CCCCN1CCc1ccncc1. The van der Waals surface area contributed by atoms with Crippen LogP contribution in [0, 0.1) is 0 Å². The Morgan fingerprint density at radius 3 is 2.88 bits per heavy atom. The lowest BCUT2D eigenvalue weighted by Gasteiger charge is -2.35. The average Bonchev–Trinajstić information content (AvgIpc) is 2.39. The van der Waals surface area contributed by atoms with Gasteiger partial charge >= 0.3 is 0 Å². The largest absolute Gasteiger partial charge is 0.396 e. The van der Waals surface area contributed by atoms with Gasteiger partial charge in [0.15, 0.2) is 0 Å². The minimum Gasteiger partial charge on any atom is -0.396 e. The van der Waals surface area contributed by atoms with Crippen LogP contribution in [0.15, 0.2) is 24.5 Å². The summed E-state index contributed by atoms with van der Waals surface area (Å²) in [5.41, 5.74) is 1.35. The Morgan fingerprint density at radius 1 is 1.29 bits per heavy atom. The molecule has 0 bridgehead atoms. The van der Waals surface area contributed by atoms with Gasteiger partial charge in [-0.2, -0.15) is 0 Å². The van der Waals surface area contributed by atoms with Crippen molar-refractivity contribution < 1.29 is 5.11 Å². The zero-order valence-corrected chi connectivity index (χ0v) is 10.4. The molecule has 1 atom stereocenters. The maximum atomic E-state index is 9.09. The van der Waals surface area contributed by atoms with E-state index < -0.39 is 0 Å². The highest BCUT2D eigenvalue weighted by atomic mass is 16.3. The Morgan fingerprint density at radius 2 is 2.12 bits per heavy atom. The lowest BCUT2D eigenvalue weighted by molar-refractivity contribution is 0.120. The molecule has 3 nitrogen and oxygen atoms in total. The van der Waals surface area contributed by atoms with E-state index in [4.69, 9.17) is 5.11 Å². The Hall–Kier alpha value is -0.930. The normalized spacial score (nSPS) is 21.6. The van der Waals surface area contributed by atoms with Crippen LogP contribution in [0.5, 0.6) is 0 Å². The molecule has 0 aliphatic carbocycles. The van der Waals surface area contributed by atoms with Crippen LogP contribution in [0.3, 0.4) is 0 Å². The highest BCUT2D eigenvalue weighted by Crippen LogP contribution is 2.19. The van der Waals surface area contributed by atoms with E-state index in [-0.39, 0.29) is 0 Å². The van der Waals surface area contributed by atoms with Crippen LogP contribution in [-0.4, -0.2) is 40.7 Å². The van der Waals surface area contributed by atoms with Gasteiger partial charge in [0.2, 0.25) is 0 Å². The number of aliphatic hydroxyl groups excluding tert-OH is 1. The predicted octanol–water partition coefficient (Wildman–Crippen LogP) is 1.86. The van der Waals surface area contributed by atoms with E-state index in [2.05, 4.69) is 22.0 Å². The molecule has 1 aromatic rings. The van der Waals surface area contributed by atoms with Crippen molar-refractivity contribution in [1.82, 2.24) is 9.88 Å². The molecule has 0 aromatic carbocycles. The number of nitrogens with zero attached hydrogens (tertiary/aromatic N) is 2. The van der Waals surface area contributed by atoms with Crippen molar-refractivity contribution >= 4 is 0 Å². The summed E-state index contributed by atoms with van der Waals surface area (Å²) in [5, 5.41) is 9.09. The Balaban J connectivity index is 1.84. The number of likely N-dealkylation sites (tertiary alicyclic amines) is 1. The first-order chi connectivity index (χ1) is 8.40. The molecule has 0 amide bonds. The molecule has 1 unspecified atom stereocenters. The van der Waals surface area contributed by atoms with Gasteiger partial charge < -0.3 is 5.11 Å². The second-order valence-corrected chi connectivity index (χ2v) is 4.80. The van der Waals surface area contributed by atoms with Crippen molar-refractivity contribution in [3.05, 3.63) is 30.1 Å².